The molecule has 0 heterocycles. The van der Waals surface area contributed by atoms with Gasteiger partial charge in [0.25, 0.3) is 10.1 Å². The van der Waals surface area contributed by atoms with Crippen LogP contribution in [0.15, 0.2) is 0 Å². The van der Waals surface area contributed by atoms with Crippen molar-refractivity contribution in [2.45, 2.75) is 127 Å². The molecule has 0 fully saturated rings. The largest absolute Gasteiger partial charge is 0.481 e. The van der Waals surface area contributed by atoms with Gasteiger partial charge in [-0.3, -0.25) is 18.9 Å². The van der Waals surface area contributed by atoms with E-state index >= 15 is 0 Å². The molecular weight excluding hydrogens is 464 g/mol. The van der Waals surface area contributed by atoms with E-state index < -0.39 is 45.6 Å². The fourth-order valence-corrected chi connectivity index (χ4v) is 4.81. The molecule has 0 aromatic carbocycles. The highest BCUT2D eigenvalue weighted by Crippen LogP contribution is 2.28. The Balaban J connectivity index is 3.96. The zero-order valence-corrected chi connectivity index (χ0v) is 21.5. The third kappa shape index (κ3) is 14.6. The number of aliphatic carboxylic acids is 2. The lowest BCUT2D eigenvalue weighted by atomic mass is 10.0. The Hall–Kier alpha value is -1.68. The van der Waals surface area contributed by atoms with E-state index in [9.17, 15) is 27.4 Å². The van der Waals surface area contributed by atoms with E-state index in [-0.39, 0.29) is 6.61 Å². The summed E-state index contributed by atoms with van der Waals surface area (Å²) >= 11 is 0. The fourth-order valence-electron chi connectivity index (χ4n) is 3.93. The number of carboxylic acids is 2. The van der Waals surface area contributed by atoms with Gasteiger partial charge in [-0.25, -0.2) is 0 Å². The van der Waals surface area contributed by atoms with Gasteiger partial charge >= 0.3 is 17.9 Å². The van der Waals surface area contributed by atoms with Gasteiger partial charge in [0, 0.05) is 0 Å². The Morgan fingerprint density at radius 2 is 0.971 bits per heavy atom. The van der Waals surface area contributed by atoms with Crippen LogP contribution in [0.2, 0.25) is 0 Å². The van der Waals surface area contributed by atoms with Crippen molar-refractivity contribution in [1.29, 1.82) is 0 Å². The van der Waals surface area contributed by atoms with Crippen LogP contribution in [0, 0.1) is 0 Å². The van der Waals surface area contributed by atoms with Crippen LogP contribution in [0.3, 0.4) is 0 Å². The minimum atomic E-state index is -5.33. The molecule has 0 atom stereocenters. The minimum absolute atomic E-state index is 0.173. The maximum absolute atomic E-state index is 12.3. The van der Waals surface area contributed by atoms with E-state index in [0.717, 1.165) is 25.7 Å². The number of carbonyl (C=O) groups excluding carboxylic acids is 1. The Morgan fingerprint density at radius 1 is 0.647 bits per heavy atom. The van der Waals surface area contributed by atoms with E-state index in [4.69, 9.17) is 14.9 Å². The van der Waals surface area contributed by atoms with Gasteiger partial charge in [0.1, 0.15) is 0 Å². The lowest BCUT2D eigenvalue weighted by Crippen LogP contribution is -2.50. The average molecular weight is 509 g/mol. The van der Waals surface area contributed by atoms with Crippen LogP contribution in [0.4, 0.5) is 0 Å². The number of carboxylic acid groups (broad SMARTS) is 2. The second-order valence-corrected chi connectivity index (χ2v) is 10.8. The van der Waals surface area contributed by atoms with Crippen LogP contribution in [-0.2, 0) is 29.2 Å². The molecule has 0 radical (unpaired) electrons. The normalized spacial score (nSPS) is 11.9. The SMILES string of the molecule is CCCCCCCCCCCCCCCCCCOC(=O)C(CC(=O)O)(CC(=O)O)S(=O)(=O)O. The standard InChI is InChI=1S/C24H44O9S/c1-2-3-4-5-6-7-8-9-10-11-12-13-14-15-16-17-18-33-23(29)24(19-21(25)26,20-22(27)28)34(30,31)32/h2-20H2,1H3,(H,25,26)(H,27,28)(H,30,31,32). The smallest absolute Gasteiger partial charge is 0.331 e. The first-order valence-corrected chi connectivity index (χ1v) is 14.1. The van der Waals surface area contributed by atoms with Gasteiger partial charge in [0.15, 0.2) is 0 Å². The Bertz CT molecular complexity index is 673. The maximum atomic E-state index is 12.3. The summed E-state index contributed by atoms with van der Waals surface area (Å²) in [6.07, 6.45) is 15.8. The van der Waals surface area contributed by atoms with Crippen molar-refractivity contribution >= 4 is 28.0 Å². The number of hydrogen-bond donors (Lipinski definition) is 3. The summed E-state index contributed by atoms with van der Waals surface area (Å²) in [5.41, 5.74) is 0. The first-order valence-electron chi connectivity index (χ1n) is 12.6. The maximum Gasteiger partial charge on any atom is 0.331 e. The van der Waals surface area contributed by atoms with E-state index in [0.29, 0.717) is 6.42 Å². The summed E-state index contributed by atoms with van der Waals surface area (Å²) < 4.78 is 34.5. The topological polar surface area (TPSA) is 155 Å². The highest BCUT2D eigenvalue weighted by Gasteiger charge is 2.55. The van der Waals surface area contributed by atoms with Gasteiger partial charge in [-0.1, -0.05) is 103 Å². The number of hydrogen-bond acceptors (Lipinski definition) is 6. The number of carbonyl (C=O) groups is 3. The second kappa shape index (κ2) is 18.6. The Kier molecular flexibility index (Phi) is 17.7. The lowest BCUT2D eigenvalue weighted by Gasteiger charge is -2.25. The van der Waals surface area contributed by atoms with E-state index in [1.165, 1.54) is 70.6 Å². The molecular formula is C24H44O9S. The fraction of sp³-hybridized carbons (Fsp3) is 0.875. The molecule has 0 aliphatic rings. The summed E-state index contributed by atoms with van der Waals surface area (Å²) in [6, 6.07) is 0. The third-order valence-electron chi connectivity index (χ3n) is 5.97. The van der Waals surface area contributed by atoms with Gasteiger partial charge in [-0.05, 0) is 6.42 Å². The van der Waals surface area contributed by atoms with Crippen LogP contribution >= 0.6 is 0 Å². The van der Waals surface area contributed by atoms with Crippen molar-refractivity contribution < 1.29 is 42.3 Å². The zero-order valence-electron chi connectivity index (χ0n) is 20.6. The predicted molar refractivity (Wildman–Crippen MR) is 129 cm³/mol. The molecule has 3 N–H and O–H groups in total. The van der Waals surface area contributed by atoms with Crippen molar-refractivity contribution in [3.8, 4) is 0 Å². The molecule has 200 valence electrons. The minimum Gasteiger partial charge on any atom is -0.481 e. The predicted octanol–water partition coefficient (Wildman–Crippen LogP) is 5.37. The van der Waals surface area contributed by atoms with Gasteiger partial charge in [0.2, 0.25) is 4.75 Å². The monoisotopic (exact) mass is 508 g/mol. The van der Waals surface area contributed by atoms with Crippen LogP contribution in [0.1, 0.15) is 122 Å². The molecule has 34 heavy (non-hydrogen) atoms. The first kappa shape index (κ1) is 32.3. The molecule has 0 spiro atoms. The van der Waals surface area contributed by atoms with E-state index in [2.05, 4.69) is 6.92 Å². The molecule has 0 bridgehead atoms. The van der Waals surface area contributed by atoms with Crippen molar-refractivity contribution in [3.05, 3.63) is 0 Å². The zero-order chi connectivity index (χ0) is 25.9. The van der Waals surface area contributed by atoms with Crippen LogP contribution in [-0.4, -0.2) is 52.4 Å². The molecule has 0 aliphatic carbocycles. The number of rotatable bonds is 23. The van der Waals surface area contributed by atoms with Gasteiger partial charge in [0.05, 0.1) is 19.4 Å². The summed E-state index contributed by atoms with van der Waals surface area (Å²) in [4.78, 5) is 34.3. The van der Waals surface area contributed by atoms with Gasteiger partial charge in [-0.2, -0.15) is 8.42 Å². The third-order valence-corrected chi connectivity index (χ3v) is 7.41. The molecule has 0 aromatic rings. The molecule has 9 nitrogen and oxygen atoms in total. The van der Waals surface area contributed by atoms with Gasteiger partial charge < -0.3 is 14.9 Å². The summed E-state index contributed by atoms with van der Waals surface area (Å²) in [5, 5.41) is 17.8. The molecule has 0 unspecified atom stereocenters. The Morgan fingerprint density at radius 3 is 1.26 bits per heavy atom. The van der Waals surface area contributed by atoms with E-state index in [1.54, 1.807) is 0 Å². The van der Waals surface area contributed by atoms with Crippen LogP contribution in [0.5, 0.6) is 0 Å². The molecule has 0 aromatic heterocycles. The summed E-state index contributed by atoms with van der Waals surface area (Å²) in [5.74, 6) is -5.03. The highest BCUT2D eigenvalue weighted by atomic mass is 32.2. The van der Waals surface area contributed by atoms with Crippen molar-refractivity contribution in [2.24, 2.45) is 0 Å². The van der Waals surface area contributed by atoms with E-state index in [1.807, 2.05) is 0 Å². The summed E-state index contributed by atoms with van der Waals surface area (Å²) in [6.45, 7) is 2.06. The highest BCUT2D eigenvalue weighted by molar-refractivity contribution is 7.88. The lowest BCUT2D eigenvalue weighted by molar-refractivity contribution is -0.154. The quantitative estimate of drug-likeness (QED) is 0.0938. The van der Waals surface area contributed by atoms with Gasteiger partial charge in [-0.15, -0.1) is 0 Å². The molecule has 0 amide bonds. The first-order chi connectivity index (χ1) is 16.1. The number of ether oxygens (including phenoxy) is 1. The Labute approximate surface area is 204 Å². The molecule has 0 saturated heterocycles. The van der Waals surface area contributed by atoms with Crippen molar-refractivity contribution in [1.82, 2.24) is 0 Å². The molecule has 10 heteroatoms. The van der Waals surface area contributed by atoms with Crippen molar-refractivity contribution in [3.63, 3.8) is 0 Å². The van der Waals surface area contributed by atoms with Crippen LogP contribution in [0.25, 0.3) is 0 Å². The molecule has 0 saturated carbocycles. The molecule has 0 aliphatic heterocycles. The van der Waals surface area contributed by atoms with Crippen molar-refractivity contribution in [2.75, 3.05) is 6.61 Å². The average Bonchev–Trinajstić information content (AvgIpc) is 2.73. The molecule has 0 rings (SSSR count). The van der Waals surface area contributed by atoms with Crippen LogP contribution < -0.4 is 0 Å². The number of esters is 1. The summed E-state index contributed by atoms with van der Waals surface area (Å²) in [7, 11) is -5.33. The second-order valence-electron chi connectivity index (χ2n) is 9.05. The number of unbranched alkanes of at least 4 members (excludes halogenated alkanes) is 15.